The third-order valence-corrected chi connectivity index (χ3v) is 5.35. The van der Waals surface area contributed by atoms with Gasteiger partial charge in [0.25, 0.3) is 0 Å². The van der Waals surface area contributed by atoms with Gasteiger partial charge in [-0.3, -0.25) is 0 Å². The minimum atomic E-state index is 0.173. The predicted octanol–water partition coefficient (Wildman–Crippen LogP) is 6.21. The van der Waals surface area contributed by atoms with Gasteiger partial charge >= 0.3 is 0 Å². The summed E-state index contributed by atoms with van der Waals surface area (Å²) in [4.78, 5) is 0.173. The summed E-state index contributed by atoms with van der Waals surface area (Å²) in [6.07, 6.45) is 4.91. The summed E-state index contributed by atoms with van der Waals surface area (Å²) in [6.45, 7) is 6.66. The van der Waals surface area contributed by atoms with Crippen LogP contribution in [0.4, 0.5) is 0 Å². The molecule has 20 heavy (non-hydrogen) atoms. The van der Waals surface area contributed by atoms with E-state index in [0.717, 1.165) is 29.5 Å². The summed E-state index contributed by atoms with van der Waals surface area (Å²) < 4.78 is 6.19. The van der Waals surface area contributed by atoms with Gasteiger partial charge in [0.15, 0.2) is 4.67 Å². The van der Waals surface area contributed by atoms with Crippen molar-refractivity contribution in [3.8, 4) is 0 Å². The van der Waals surface area contributed by atoms with Crippen LogP contribution >= 0.6 is 31.9 Å². The molecule has 0 spiro atoms. The van der Waals surface area contributed by atoms with Crippen LogP contribution in [0.15, 0.2) is 33.5 Å². The second-order valence-corrected chi connectivity index (χ2v) is 6.54. The topological polar surface area (TPSA) is 13.1 Å². The molecule has 0 aliphatic carbocycles. The fourth-order valence-electron chi connectivity index (χ4n) is 2.61. The number of halogens is 2. The highest BCUT2D eigenvalue weighted by molar-refractivity contribution is 9.10. The van der Waals surface area contributed by atoms with Gasteiger partial charge in [0, 0.05) is 5.56 Å². The molecule has 2 rings (SSSR count). The van der Waals surface area contributed by atoms with Crippen LogP contribution in [0.25, 0.3) is 0 Å². The molecular weight excluding hydrogens is 380 g/mol. The first-order valence-electron chi connectivity index (χ1n) is 7.13. The van der Waals surface area contributed by atoms with Gasteiger partial charge in [0.05, 0.1) is 11.1 Å². The second kappa shape index (κ2) is 6.95. The molecule has 1 atom stereocenters. The maximum absolute atomic E-state index is 5.39. The molecule has 0 bridgehead atoms. The zero-order chi connectivity index (χ0) is 14.7. The lowest BCUT2D eigenvalue weighted by Gasteiger charge is -2.19. The van der Waals surface area contributed by atoms with Gasteiger partial charge < -0.3 is 4.42 Å². The molecule has 2 aromatic rings. The van der Waals surface area contributed by atoms with E-state index in [0.29, 0.717) is 0 Å². The van der Waals surface area contributed by atoms with E-state index in [2.05, 4.69) is 64.8 Å². The van der Waals surface area contributed by atoms with E-state index < -0.39 is 0 Å². The van der Waals surface area contributed by atoms with Crippen molar-refractivity contribution in [3.05, 3.63) is 56.9 Å². The van der Waals surface area contributed by atoms with Crippen LogP contribution in [0.3, 0.4) is 0 Å². The Labute approximate surface area is 138 Å². The number of hydrogen-bond acceptors (Lipinski definition) is 1. The summed E-state index contributed by atoms with van der Waals surface area (Å²) in [6, 6.07) is 6.71. The maximum atomic E-state index is 5.39. The van der Waals surface area contributed by atoms with Crippen LogP contribution in [0.2, 0.25) is 0 Å². The van der Waals surface area contributed by atoms with Crippen LogP contribution in [0.5, 0.6) is 0 Å². The van der Waals surface area contributed by atoms with Crippen LogP contribution in [0, 0.1) is 0 Å². The number of rotatable bonds is 5. The lowest BCUT2D eigenvalue weighted by molar-refractivity contribution is 0.537. The highest BCUT2D eigenvalue weighted by Crippen LogP contribution is 2.40. The van der Waals surface area contributed by atoms with Crippen LogP contribution in [0.1, 0.15) is 53.4 Å². The minimum Gasteiger partial charge on any atom is -0.457 e. The lowest BCUT2D eigenvalue weighted by atomic mass is 9.90. The highest BCUT2D eigenvalue weighted by atomic mass is 79.9. The molecule has 0 fully saturated rings. The van der Waals surface area contributed by atoms with Crippen molar-refractivity contribution in [3.63, 3.8) is 0 Å². The van der Waals surface area contributed by atoms with Gasteiger partial charge in [-0.2, -0.15) is 0 Å². The Morgan fingerprint density at radius 3 is 2.05 bits per heavy atom. The zero-order valence-electron chi connectivity index (χ0n) is 12.2. The van der Waals surface area contributed by atoms with Crippen LogP contribution in [-0.2, 0) is 19.3 Å². The van der Waals surface area contributed by atoms with Crippen molar-refractivity contribution in [2.24, 2.45) is 0 Å². The van der Waals surface area contributed by atoms with Gasteiger partial charge in [-0.15, -0.1) is 0 Å². The van der Waals surface area contributed by atoms with Gasteiger partial charge in [-0.05, 0) is 63.5 Å². The van der Waals surface area contributed by atoms with Crippen molar-refractivity contribution < 1.29 is 4.42 Å². The SMILES string of the molecule is CCc1cc(CC)c(C(Br)c2ccoc2Br)c(CC)c1. The molecule has 0 N–H and O–H groups in total. The minimum absolute atomic E-state index is 0.173. The molecule has 0 radical (unpaired) electrons. The Bertz CT molecular complexity index is 561. The molecule has 1 unspecified atom stereocenters. The van der Waals surface area contributed by atoms with Crippen molar-refractivity contribution in [1.29, 1.82) is 0 Å². The standard InChI is InChI=1S/C17H20Br2O/c1-4-11-9-12(5-2)15(13(6-3)10-11)16(18)14-7-8-20-17(14)19/h7-10,16H,4-6H2,1-3H3. The molecule has 0 aliphatic heterocycles. The van der Waals surface area contributed by atoms with Crippen molar-refractivity contribution >= 4 is 31.9 Å². The summed E-state index contributed by atoms with van der Waals surface area (Å²) in [7, 11) is 0. The maximum Gasteiger partial charge on any atom is 0.173 e. The summed E-state index contributed by atoms with van der Waals surface area (Å²) >= 11 is 7.35. The first-order valence-corrected chi connectivity index (χ1v) is 8.84. The summed E-state index contributed by atoms with van der Waals surface area (Å²) in [5.74, 6) is 0. The Morgan fingerprint density at radius 2 is 1.65 bits per heavy atom. The molecule has 1 aromatic heterocycles. The van der Waals surface area contributed by atoms with E-state index in [1.54, 1.807) is 6.26 Å². The normalized spacial score (nSPS) is 12.7. The Hall–Kier alpha value is -0.540. The van der Waals surface area contributed by atoms with E-state index in [4.69, 9.17) is 4.42 Å². The molecule has 3 heteroatoms. The molecule has 108 valence electrons. The molecule has 0 saturated heterocycles. The molecule has 1 heterocycles. The van der Waals surface area contributed by atoms with Crippen LogP contribution in [-0.4, -0.2) is 0 Å². The summed E-state index contributed by atoms with van der Waals surface area (Å²) in [5, 5.41) is 0. The van der Waals surface area contributed by atoms with E-state index >= 15 is 0 Å². The Morgan fingerprint density at radius 1 is 1.05 bits per heavy atom. The first kappa shape index (κ1) is 15.8. The van der Waals surface area contributed by atoms with Gasteiger partial charge in [-0.25, -0.2) is 0 Å². The predicted molar refractivity (Wildman–Crippen MR) is 91.8 cm³/mol. The fraction of sp³-hybridized carbons (Fsp3) is 0.412. The van der Waals surface area contributed by atoms with E-state index in [9.17, 15) is 0 Å². The Balaban J connectivity index is 2.57. The van der Waals surface area contributed by atoms with Crippen molar-refractivity contribution in [1.82, 2.24) is 0 Å². The third-order valence-electron chi connectivity index (χ3n) is 3.75. The smallest absolute Gasteiger partial charge is 0.173 e. The van der Waals surface area contributed by atoms with Gasteiger partial charge in [-0.1, -0.05) is 48.8 Å². The van der Waals surface area contributed by atoms with Gasteiger partial charge in [0.2, 0.25) is 0 Å². The molecular formula is C17H20Br2O. The van der Waals surface area contributed by atoms with E-state index in [1.807, 2.05) is 6.07 Å². The van der Waals surface area contributed by atoms with E-state index in [-0.39, 0.29) is 4.83 Å². The zero-order valence-corrected chi connectivity index (χ0v) is 15.3. The monoisotopic (exact) mass is 398 g/mol. The fourth-order valence-corrected chi connectivity index (χ4v) is 4.33. The van der Waals surface area contributed by atoms with Gasteiger partial charge in [0.1, 0.15) is 0 Å². The number of hydrogen-bond donors (Lipinski definition) is 0. The van der Waals surface area contributed by atoms with Crippen molar-refractivity contribution in [2.45, 2.75) is 44.9 Å². The average Bonchev–Trinajstić information content (AvgIpc) is 2.91. The Kier molecular flexibility index (Phi) is 5.50. The highest BCUT2D eigenvalue weighted by Gasteiger charge is 2.21. The number of benzene rings is 1. The first-order chi connectivity index (χ1) is 9.62. The largest absolute Gasteiger partial charge is 0.457 e. The third kappa shape index (κ3) is 3.04. The quantitative estimate of drug-likeness (QED) is 0.544. The molecule has 1 nitrogen and oxygen atoms in total. The number of furan rings is 1. The molecule has 1 aromatic carbocycles. The molecule has 0 amide bonds. The van der Waals surface area contributed by atoms with E-state index in [1.165, 1.54) is 22.3 Å². The number of aryl methyl sites for hydroxylation is 3. The molecule has 0 saturated carbocycles. The van der Waals surface area contributed by atoms with Crippen molar-refractivity contribution in [2.75, 3.05) is 0 Å². The van der Waals surface area contributed by atoms with Crippen LogP contribution < -0.4 is 0 Å². The second-order valence-electron chi connectivity index (χ2n) is 4.90. The summed E-state index contributed by atoms with van der Waals surface area (Å²) in [5.41, 5.74) is 6.83. The average molecular weight is 400 g/mol. The molecule has 0 aliphatic rings. The lowest BCUT2D eigenvalue weighted by Crippen LogP contribution is -2.04. The number of alkyl halides is 1.